The van der Waals surface area contributed by atoms with Crippen LogP contribution < -0.4 is 5.73 Å². The molecule has 70 valence electrons. The van der Waals surface area contributed by atoms with Crippen LogP contribution in [0.2, 0.25) is 0 Å². The van der Waals surface area contributed by atoms with Crippen molar-refractivity contribution >= 4 is 5.69 Å². The van der Waals surface area contributed by atoms with Gasteiger partial charge in [0.15, 0.2) is 0 Å². The van der Waals surface area contributed by atoms with Gasteiger partial charge < -0.3 is 5.73 Å². The second kappa shape index (κ2) is 3.53. The molecule has 0 amide bonds. The van der Waals surface area contributed by atoms with Gasteiger partial charge in [0.1, 0.15) is 0 Å². The smallest absolute Gasteiger partial charge is 0.270 e. The van der Waals surface area contributed by atoms with Crippen molar-refractivity contribution in [3.63, 3.8) is 0 Å². The second-order valence-corrected chi connectivity index (χ2v) is 3.01. The van der Waals surface area contributed by atoms with Crippen molar-refractivity contribution in [1.29, 1.82) is 0 Å². The summed E-state index contributed by atoms with van der Waals surface area (Å²) in [5.41, 5.74) is 8.37. The van der Waals surface area contributed by atoms with Crippen LogP contribution in [0.4, 0.5) is 5.69 Å². The molecule has 0 radical (unpaired) electrons. The Morgan fingerprint density at radius 3 is 2.54 bits per heavy atom. The van der Waals surface area contributed by atoms with Crippen LogP contribution >= 0.6 is 0 Å². The van der Waals surface area contributed by atoms with Crippen LogP contribution in [0.5, 0.6) is 0 Å². The molecule has 1 aromatic carbocycles. The Labute approximate surface area is 76.5 Å². The first-order valence-corrected chi connectivity index (χ1v) is 4.01. The summed E-state index contributed by atoms with van der Waals surface area (Å²) in [6.45, 7) is 4.11. The van der Waals surface area contributed by atoms with Crippen LogP contribution in [0.1, 0.15) is 16.7 Å². The summed E-state index contributed by atoms with van der Waals surface area (Å²) in [7, 11) is 0. The molecule has 0 aliphatic carbocycles. The standard InChI is InChI=1S/C9H12N2O2/c1-6-3-9(11(12)13)4-8(5-10)7(6)2/h3-4H,5,10H2,1-2H3. The van der Waals surface area contributed by atoms with Crippen LogP contribution in [-0.4, -0.2) is 4.92 Å². The van der Waals surface area contributed by atoms with Gasteiger partial charge in [-0.15, -0.1) is 0 Å². The highest BCUT2D eigenvalue weighted by molar-refractivity contribution is 5.44. The number of aryl methyl sites for hydroxylation is 1. The highest BCUT2D eigenvalue weighted by Crippen LogP contribution is 2.20. The van der Waals surface area contributed by atoms with Crippen LogP contribution in [0.3, 0.4) is 0 Å². The number of hydrogen-bond donors (Lipinski definition) is 1. The third-order valence-corrected chi connectivity index (χ3v) is 2.19. The average Bonchev–Trinajstić information content (AvgIpc) is 2.09. The maximum atomic E-state index is 10.5. The number of nitrogens with zero attached hydrogens (tertiary/aromatic N) is 1. The molecular weight excluding hydrogens is 168 g/mol. The van der Waals surface area contributed by atoms with Crippen molar-refractivity contribution in [3.8, 4) is 0 Å². The molecule has 13 heavy (non-hydrogen) atoms. The summed E-state index contributed by atoms with van der Waals surface area (Å²) >= 11 is 0. The molecule has 0 aliphatic heterocycles. The third kappa shape index (κ3) is 1.84. The Kier molecular flexibility index (Phi) is 2.63. The number of nitro groups is 1. The number of nitrogens with two attached hydrogens (primary N) is 1. The number of non-ortho nitro benzene ring substituents is 1. The lowest BCUT2D eigenvalue weighted by Crippen LogP contribution is -2.02. The molecule has 0 bridgehead atoms. The lowest BCUT2D eigenvalue weighted by Gasteiger charge is -2.05. The van der Waals surface area contributed by atoms with Crippen LogP contribution in [0, 0.1) is 24.0 Å². The summed E-state index contributed by atoms with van der Waals surface area (Å²) in [6.07, 6.45) is 0. The summed E-state index contributed by atoms with van der Waals surface area (Å²) in [5.74, 6) is 0. The Morgan fingerprint density at radius 2 is 2.08 bits per heavy atom. The van der Waals surface area contributed by atoms with E-state index in [1.807, 2.05) is 13.8 Å². The minimum Gasteiger partial charge on any atom is -0.326 e. The number of benzene rings is 1. The fourth-order valence-corrected chi connectivity index (χ4v) is 1.23. The normalized spacial score (nSPS) is 10.1. The molecule has 0 saturated heterocycles. The molecule has 0 unspecified atom stereocenters. The maximum Gasteiger partial charge on any atom is 0.270 e. The molecule has 2 N–H and O–H groups in total. The van der Waals surface area contributed by atoms with Gasteiger partial charge in [0.2, 0.25) is 0 Å². The van der Waals surface area contributed by atoms with E-state index in [0.717, 1.165) is 16.7 Å². The SMILES string of the molecule is Cc1cc([N+](=O)[O-])cc(CN)c1C. The van der Waals surface area contributed by atoms with E-state index in [0.29, 0.717) is 6.54 Å². The number of hydrogen-bond acceptors (Lipinski definition) is 3. The van der Waals surface area contributed by atoms with Gasteiger partial charge in [-0.25, -0.2) is 0 Å². The summed E-state index contributed by atoms with van der Waals surface area (Å²) in [6, 6.07) is 3.09. The highest BCUT2D eigenvalue weighted by Gasteiger charge is 2.10. The number of rotatable bonds is 2. The maximum absolute atomic E-state index is 10.5. The van der Waals surface area contributed by atoms with Gasteiger partial charge >= 0.3 is 0 Å². The van der Waals surface area contributed by atoms with Crippen molar-refractivity contribution in [2.45, 2.75) is 20.4 Å². The lowest BCUT2D eigenvalue weighted by atomic mass is 10.0. The third-order valence-electron chi connectivity index (χ3n) is 2.19. The molecule has 0 heterocycles. The minimum absolute atomic E-state index is 0.114. The van der Waals surface area contributed by atoms with Crippen molar-refractivity contribution in [2.24, 2.45) is 5.73 Å². The van der Waals surface area contributed by atoms with Crippen molar-refractivity contribution < 1.29 is 4.92 Å². The average molecular weight is 180 g/mol. The predicted octanol–water partition coefficient (Wildman–Crippen LogP) is 1.67. The predicted molar refractivity (Wildman–Crippen MR) is 50.5 cm³/mol. The van der Waals surface area contributed by atoms with Crippen molar-refractivity contribution in [3.05, 3.63) is 38.9 Å². The summed E-state index contributed by atoms with van der Waals surface area (Å²) in [5, 5.41) is 10.5. The molecule has 0 spiro atoms. The fraction of sp³-hybridized carbons (Fsp3) is 0.333. The van der Waals surface area contributed by atoms with Gasteiger partial charge in [-0.3, -0.25) is 10.1 Å². The Balaban J connectivity index is 3.30. The zero-order valence-corrected chi connectivity index (χ0v) is 7.70. The monoisotopic (exact) mass is 180 g/mol. The van der Waals surface area contributed by atoms with Gasteiger partial charge in [0, 0.05) is 18.7 Å². The fourth-order valence-electron chi connectivity index (χ4n) is 1.23. The molecule has 4 nitrogen and oxygen atoms in total. The molecule has 1 aromatic rings. The zero-order valence-electron chi connectivity index (χ0n) is 7.70. The van der Waals surface area contributed by atoms with Crippen LogP contribution in [-0.2, 0) is 6.54 Å². The van der Waals surface area contributed by atoms with E-state index >= 15 is 0 Å². The van der Waals surface area contributed by atoms with E-state index in [1.165, 1.54) is 6.07 Å². The first-order chi connectivity index (χ1) is 6.06. The highest BCUT2D eigenvalue weighted by atomic mass is 16.6. The molecule has 0 atom stereocenters. The van der Waals surface area contributed by atoms with E-state index in [4.69, 9.17) is 5.73 Å². The molecular formula is C9H12N2O2. The first-order valence-electron chi connectivity index (χ1n) is 4.01. The molecule has 4 heteroatoms. The largest absolute Gasteiger partial charge is 0.326 e. The first kappa shape index (κ1) is 9.67. The zero-order chi connectivity index (χ0) is 10.0. The van der Waals surface area contributed by atoms with Gasteiger partial charge in [0.05, 0.1) is 4.92 Å². The molecule has 1 rings (SSSR count). The quantitative estimate of drug-likeness (QED) is 0.556. The van der Waals surface area contributed by atoms with E-state index in [1.54, 1.807) is 6.07 Å². The Hall–Kier alpha value is -1.42. The molecule has 0 fully saturated rings. The van der Waals surface area contributed by atoms with Gasteiger partial charge in [-0.1, -0.05) is 0 Å². The second-order valence-electron chi connectivity index (χ2n) is 3.01. The van der Waals surface area contributed by atoms with Gasteiger partial charge in [-0.05, 0) is 30.5 Å². The van der Waals surface area contributed by atoms with E-state index in [2.05, 4.69) is 0 Å². The van der Waals surface area contributed by atoms with E-state index in [-0.39, 0.29) is 5.69 Å². The topological polar surface area (TPSA) is 69.2 Å². The van der Waals surface area contributed by atoms with Crippen molar-refractivity contribution in [1.82, 2.24) is 0 Å². The van der Waals surface area contributed by atoms with Crippen LogP contribution in [0.25, 0.3) is 0 Å². The van der Waals surface area contributed by atoms with Gasteiger partial charge in [0.25, 0.3) is 5.69 Å². The molecule has 0 aliphatic rings. The van der Waals surface area contributed by atoms with Crippen LogP contribution in [0.15, 0.2) is 12.1 Å². The van der Waals surface area contributed by atoms with Crippen molar-refractivity contribution in [2.75, 3.05) is 0 Å². The van der Waals surface area contributed by atoms with E-state index < -0.39 is 4.92 Å². The minimum atomic E-state index is -0.397. The van der Waals surface area contributed by atoms with E-state index in [9.17, 15) is 10.1 Å². The molecule has 0 saturated carbocycles. The Morgan fingerprint density at radius 1 is 1.46 bits per heavy atom. The summed E-state index contributed by atoms with van der Waals surface area (Å²) < 4.78 is 0. The Bertz CT molecular complexity index is 348. The summed E-state index contributed by atoms with van der Waals surface area (Å²) in [4.78, 5) is 10.1. The van der Waals surface area contributed by atoms with Gasteiger partial charge in [-0.2, -0.15) is 0 Å². The molecule has 0 aromatic heterocycles. The lowest BCUT2D eigenvalue weighted by molar-refractivity contribution is -0.385. The number of nitro benzene ring substituents is 1.